The first-order valence-corrected chi connectivity index (χ1v) is 6.32. The Kier molecular flexibility index (Phi) is 3.36. The van der Waals surface area contributed by atoms with Crippen molar-refractivity contribution in [1.29, 1.82) is 0 Å². The summed E-state index contributed by atoms with van der Waals surface area (Å²) in [5.74, 6) is 0. The highest BCUT2D eigenvalue weighted by Crippen LogP contribution is 2.30. The largest absolute Gasteiger partial charge is 0.325 e. The van der Waals surface area contributed by atoms with Gasteiger partial charge in [0.1, 0.15) is 0 Å². The second-order valence-electron chi connectivity index (χ2n) is 3.76. The van der Waals surface area contributed by atoms with Gasteiger partial charge in [-0.1, -0.05) is 31.2 Å². The topological polar surface area (TPSA) is 38.9 Å². The van der Waals surface area contributed by atoms with E-state index in [0.717, 1.165) is 17.1 Å². The van der Waals surface area contributed by atoms with Gasteiger partial charge in [0, 0.05) is 6.54 Å². The van der Waals surface area contributed by atoms with Crippen molar-refractivity contribution in [3.8, 4) is 10.4 Å². The van der Waals surface area contributed by atoms with E-state index in [4.69, 9.17) is 5.73 Å². The fourth-order valence-corrected chi connectivity index (χ4v) is 2.68. The molecule has 0 aliphatic heterocycles. The highest BCUT2D eigenvalue weighted by atomic mass is 32.1. The first-order valence-electron chi connectivity index (χ1n) is 5.50. The molecular weight excluding hydrogens is 216 g/mol. The molecule has 84 valence electrons. The van der Waals surface area contributed by atoms with Gasteiger partial charge in [-0.3, -0.25) is 0 Å². The van der Waals surface area contributed by atoms with Crippen LogP contribution in [0.2, 0.25) is 0 Å². The summed E-state index contributed by atoms with van der Waals surface area (Å²) in [7, 11) is 0. The zero-order valence-electron chi connectivity index (χ0n) is 9.66. The number of rotatable bonds is 3. The number of benzene rings is 1. The summed E-state index contributed by atoms with van der Waals surface area (Å²) in [6.45, 7) is 4.69. The van der Waals surface area contributed by atoms with E-state index < -0.39 is 0 Å². The van der Waals surface area contributed by atoms with Crippen LogP contribution in [0.3, 0.4) is 0 Å². The third kappa shape index (κ3) is 2.15. The van der Waals surface area contributed by atoms with Gasteiger partial charge < -0.3 is 5.73 Å². The molecule has 1 aromatic heterocycles. The molecule has 0 saturated heterocycles. The molecule has 0 aliphatic rings. The number of nitrogens with zero attached hydrogens (tertiary/aromatic N) is 1. The van der Waals surface area contributed by atoms with Gasteiger partial charge in [0.05, 0.1) is 15.6 Å². The predicted octanol–water partition coefficient (Wildman–Crippen LogP) is 3.14. The molecule has 1 aromatic carbocycles. The third-order valence-electron chi connectivity index (χ3n) is 2.62. The molecule has 0 aliphatic carbocycles. The Morgan fingerprint density at radius 1 is 1.25 bits per heavy atom. The summed E-state index contributed by atoms with van der Waals surface area (Å²) in [5, 5.41) is 1.08. The smallest absolute Gasteiger partial charge is 0.0904 e. The summed E-state index contributed by atoms with van der Waals surface area (Å²) in [5.41, 5.74) is 9.29. The molecule has 0 spiro atoms. The molecule has 0 bridgehead atoms. The summed E-state index contributed by atoms with van der Waals surface area (Å²) in [6.07, 6.45) is 1.08. The fraction of sp³-hybridized carbons (Fsp3) is 0.308. The van der Waals surface area contributed by atoms with Crippen molar-refractivity contribution in [3.05, 3.63) is 40.5 Å². The Morgan fingerprint density at radius 3 is 2.50 bits per heavy atom. The molecule has 1 heterocycles. The lowest BCUT2D eigenvalue weighted by Crippen LogP contribution is -1.98. The maximum Gasteiger partial charge on any atom is 0.0904 e. The van der Waals surface area contributed by atoms with Crippen molar-refractivity contribution in [2.24, 2.45) is 5.73 Å². The minimum Gasteiger partial charge on any atom is -0.325 e. The average molecular weight is 232 g/mol. The fourth-order valence-electron chi connectivity index (χ4n) is 1.73. The van der Waals surface area contributed by atoms with E-state index in [2.05, 4.69) is 36.2 Å². The highest BCUT2D eigenvalue weighted by molar-refractivity contribution is 7.15. The lowest BCUT2D eigenvalue weighted by molar-refractivity contribution is 1.00. The predicted molar refractivity (Wildman–Crippen MR) is 69.6 cm³/mol. The van der Waals surface area contributed by atoms with Gasteiger partial charge in [-0.2, -0.15) is 0 Å². The van der Waals surface area contributed by atoms with E-state index in [0.29, 0.717) is 6.54 Å². The minimum atomic E-state index is 0.509. The number of aryl methyl sites for hydroxylation is 2. The number of thiazole rings is 1. The van der Waals surface area contributed by atoms with E-state index in [1.54, 1.807) is 11.3 Å². The molecule has 0 fully saturated rings. The van der Waals surface area contributed by atoms with Crippen LogP contribution in [-0.2, 0) is 13.0 Å². The maximum atomic E-state index is 5.70. The first-order chi connectivity index (χ1) is 7.74. The van der Waals surface area contributed by atoms with Crippen LogP contribution in [0.15, 0.2) is 24.3 Å². The van der Waals surface area contributed by atoms with Crippen molar-refractivity contribution >= 4 is 11.3 Å². The molecule has 0 amide bonds. The molecule has 0 saturated carbocycles. The van der Waals surface area contributed by atoms with Crippen LogP contribution in [0.1, 0.15) is 23.2 Å². The molecule has 0 radical (unpaired) electrons. The molecule has 0 atom stereocenters. The number of hydrogen-bond acceptors (Lipinski definition) is 3. The Labute approximate surface area is 100 Å². The van der Waals surface area contributed by atoms with Crippen LogP contribution in [0.4, 0.5) is 0 Å². The summed E-state index contributed by atoms with van der Waals surface area (Å²) in [4.78, 5) is 5.65. The van der Waals surface area contributed by atoms with Crippen molar-refractivity contribution in [1.82, 2.24) is 4.98 Å². The van der Waals surface area contributed by atoms with Gasteiger partial charge in [0.2, 0.25) is 0 Å². The summed E-state index contributed by atoms with van der Waals surface area (Å²) >= 11 is 1.71. The second kappa shape index (κ2) is 4.76. The van der Waals surface area contributed by atoms with Crippen molar-refractivity contribution in [3.63, 3.8) is 0 Å². The Balaban J connectivity index is 2.41. The van der Waals surface area contributed by atoms with Gasteiger partial charge in [0.15, 0.2) is 0 Å². The van der Waals surface area contributed by atoms with Crippen molar-refractivity contribution in [2.45, 2.75) is 26.8 Å². The molecular formula is C13H16N2S. The summed E-state index contributed by atoms with van der Waals surface area (Å²) in [6, 6.07) is 8.66. The maximum absolute atomic E-state index is 5.70. The molecule has 2 rings (SSSR count). The van der Waals surface area contributed by atoms with Gasteiger partial charge in [-0.25, -0.2) is 4.98 Å². The third-order valence-corrected chi connectivity index (χ3v) is 3.68. The number of nitrogens with two attached hydrogens (primary N) is 1. The lowest BCUT2D eigenvalue weighted by Gasteiger charge is -2.01. The number of aromatic nitrogens is 1. The van der Waals surface area contributed by atoms with Crippen LogP contribution < -0.4 is 5.73 Å². The van der Waals surface area contributed by atoms with Crippen LogP contribution in [0.5, 0.6) is 0 Å². The van der Waals surface area contributed by atoms with Gasteiger partial charge in [-0.15, -0.1) is 11.3 Å². The van der Waals surface area contributed by atoms with Gasteiger partial charge >= 0.3 is 0 Å². The van der Waals surface area contributed by atoms with Crippen LogP contribution in [-0.4, -0.2) is 4.98 Å². The van der Waals surface area contributed by atoms with Crippen LogP contribution >= 0.6 is 11.3 Å². The monoisotopic (exact) mass is 232 g/mol. The van der Waals surface area contributed by atoms with E-state index in [9.17, 15) is 0 Å². The Bertz CT molecular complexity index is 471. The quantitative estimate of drug-likeness (QED) is 0.883. The molecule has 2 aromatic rings. The van der Waals surface area contributed by atoms with Crippen molar-refractivity contribution < 1.29 is 0 Å². The molecule has 2 N–H and O–H groups in total. The van der Waals surface area contributed by atoms with Crippen LogP contribution in [0.25, 0.3) is 10.4 Å². The van der Waals surface area contributed by atoms with E-state index in [1.165, 1.54) is 16.0 Å². The van der Waals surface area contributed by atoms with E-state index >= 15 is 0 Å². The SMILES string of the molecule is CCc1ccc(-c2sc(C)nc2CN)cc1. The molecule has 2 nitrogen and oxygen atoms in total. The van der Waals surface area contributed by atoms with Gasteiger partial charge in [-0.05, 0) is 24.5 Å². The van der Waals surface area contributed by atoms with Crippen LogP contribution in [0, 0.1) is 6.92 Å². The molecule has 3 heteroatoms. The highest BCUT2D eigenvalue weighted by Gasteiger charge is 2.09. The van der Waals surface area contributed by atoms with E-state index in [1.807, 2.05) is 6.92 Å². The van der Waals surface area contributed by atoms with E-state index in [-0.39, 0.29) is 0 Å². The first kappa shape index (κ1) is 11.3. The zero-order valence-corrected chi connectivity index (χ0v) is 10.5. The van der Waals surface area contributed by atoms with Crippen molar-refractivity contribution in [2.75, 3.05) is 0 Å². The van der Waals surface area contributed by atoms with Gasteiger partial charge in [0.25, 0.3) is 0 Å². The standard InChI is InChI=1S/C13H16N2S/c1-3-10-4-6-11(7-5-10)13-12(8-14)15-9(2)16-13/h4-7H,3,8,14H2,1-2H3. The average Bonchev–Trinajstić information content (AvgIpc) is 2.70. The normalized spacial score (nSPS) is 10.7. The Hall–Kier alpha value is -1.19. The number of hydrogen-bond donors (Lipinski definition) is 1. The zero-order chi connectivity index (χ0) is 11.5. The summed E-state index contributed by atoms with van der Waals surface area (Å²) < 4.78 is 0. The minimum absolute atomic E-state index is 0.509. The molecule has 0 unspecified atom stereocenters. The second-order valence-corrected chi connectivity index (χ2v) is 4.97. The Morgan fingerprint density at radius 2 is 1.94 bits per heavy atom. The molecule has 16 heavy (non-hydrogen) atoms. The lowest BCUT2D eigenvalue weighted by atomic mass is 10.1.